The third-order valence-corrected chi connectivity index (χ3v) is 4.38. The summed E-state index contributed by atoms with van der Waals surface area (Å²) in [5.41, 5.74) is 5.38. The molecular formula is C9H12ClNO3S. The van der Waals surface area contributed by atoms with Crippen molar-refractivity contribution in [2.45, 2.75) is 24.0 Å². The molecule has 0 saturated heterocycles. The molecule has 4 nitrogen and oxygen atoms in total. The Bertz CT molecular complexity index is 482. The quantitative estimate of drug-likeness (QED) is 0.619. The molecule has 1 aromatic carbocycles. The normalized spacial score (nSPS) is 12.0. The first-order valence-electron chi connectivity index (χ1n) is 4.28. The second-order valence-corrected chi connectivity index (χ2v) is 6.34. The van der Waals surface area contributed by atoms with Crippen LogP contribution in [-0.2, 0) is 9.84 Å². The molecule has 0 bridgehead atoms. The Balaban J connectivity index is 3.52. The molecule has 6 heteroatoms. The number of rotatable bonds is 2. The molecule has 84 valence electrons. The summed E-state index contributed by atoms with van der Waals surface area (Å²) >= 11 is 5.68. The van der Waals surface area contributed by atoms with Crippen molar-refractivity contribution in [2.24, 2.45) is 0 Å². The van der Waals surface area contributed by atoms with Gasteiger partial charge in [-0.3, -0.25) is 0 Å². The fourth-order valence-electron chi connectivity index (χ4n) is 1.07. The predicted molar refractivity (Wildman–Crippen MR) is 59.9 cm³/mol. The molecule has 0 aliphatic heterocycles. The number of nitrogens with two attached hydrogens (primary N) is 1. The molecule has 0 fully saturated rings. The number of hydrogen-bond donors (Lipinski definition) is 2. The zero-order chi connectivity index (χ0) is 11.8. The maximum Gasteiger partial charge on any atom is 0.184 e. The summed E-state index contributed by atoms with van der Waals surface area (Å²) in [6.07, 6.45) is 0. The van der Waals surface area contributed by atoms with Gasteiger partial charge in [0.25, 0.3) is 0 Å². The van der Waals surface area contributed by atoms with Gasteiger partial charge in [-0.15, -0.1) is 0 Å². The van der Waals surface area contributed by atoms with Crippen LogP contribution in [0.2, 0.25) is 5.02 Å². The summed E-state index contributed by atoms with van der Waals surface area (Å²) < 4.78 is 23.6. The highest BCUT2D eigenvalue weighted by Crippen LogP contribution is 2.34. The molecule has 15 heavy (non-hydrogen) atoms. The van der Waals surface area contributed by atoms with E-state index in [0.717, 1.165) is 0 Å². The summed E-state index contributed by atoms with van der Waals surface area (Å²) in [5, 5.41) is 9.09. The first-order chi connectivity index (χ1) is 6.76. The molecule has 0 radical (unpaired) electrons. The van der Waals surface area contributed by atoms with Crippen LogP contribution in [0.25, 0.3) is 0 Å². The molecule has 3 N–H and O–H groups in total. The minimum absolute atomic E-state index is 0.0401. The Labute approximate surface area is 93.6 Å². The van der Waals surface area contributed by atoms with E-state index in [2.05, 4.69) is 0 Å². The average molecular weight is 250 g/mol. The van der Waals surface area contributed by atoms with Crippen LogP contribution < -0.4 is 5.73 Å². The van der Waals surface area contributed by atoms with E-state index < -0.39 is 20.8 Å². The van der Waals surface area contributed by atoms with Gasteiger partial charge in [-0.1, -0.05) is 11.6 Å². The van der Waals surface area contributed by atoms with Gasteiger partial charge in [-0.25, -0.2) is 8.42 Å². The van der Waals surface area contributed by atoms with E-state index >= 15 is 0 Å². The van der Waals surface area contributed by atoms with E-state index in [0.29, 0.717) is 0 Å². The molecule has 0 unspecified atom stereocenters. The molecule has 0 saturated carbocycles. The summed E-state index contributed by atoms with van der Waals surface area (Å²) in [7, 11) is -3.57. The van der Waals surface area contributed by atoms with Crippen molar-refractivity contribution >= 4 is 27.1 Å². The van der Waals surface area contributed by atoms with E-state index in [9.17, 15) is 13.5 Å². The van der Waals surface area contributed by atoms with Gasteiger partial charge < -0.3 is 10.8 Å². The summed E-state index contributed by atoms with van der Waals surface area (Å²) in [4.78, 5) is -0.220. The van der Waals surface area contributed by atoms with Crippen LogP contribution in [0.5, 0.6) is 5.75 Å². The van der Waals surface area contributed by atoms with Gasteiger partial charge in [0.2, 0.25) is 0 Å². The van der Waals surface area contributed by atoms with Crippen LogP contribution in [0, 0.1) is 0 Å². The lowest BCUT2D eigenvalue weighted by Crippen LogP contribution is -2.14. The Morgan fingerprint density at radius 2 is 1.93 bits per heavy atom. The summed E-state index contributed by atoms with van der Waals surface area (Å²) in [5.74, 6) is -0.437. The number of nitrogen functional groups attached to an aromatic ring is 1. The fraction of sp³-hybridized carbons (Fsp3) is 0.333. The van der Waals surface area contributed by atoms with Crippen LogP contribution in [0.4, 0.5) is 5.69 Å². The molecule has 1 aromatic rings. The smallest absolute Gasteiger partial charge is 0.184 e. The lowest BCUT2D eigenvalue weighted by atomic mass is 10.3. The van der Waals surface area contributed by atoms with Crippen LogP contribution in [0.15, 0.2) is 17.0 Å². The zero-order valence-electron chi connectivity index (χ0n) is 8.36. The lowest BCUT2D eigenvalue weighted by Gasteiger charge is -2.11. The third-order valence-electron chi connectivity index (χ3n) is 2.00. The molecule has 0 aliphatic rings. The molecule has 0 aliphatic carbocycles. The van der Waals surface area contributed by atoms with Crippen molar-refractivity contribution < 1.29 is 13.5 Å². The third kappa shape index (κ3) is 2.18. The van der Waals surface area contributed by atoms with Gasteiger partial charge in [-0.05, 0) is 26.0 Å². The largest absolute Gasteiger partial charge is 0.504 e. The Morgan fingerprint density at radius 1 is 1.40 bits per heavy atom. The van der Waals surface area contributed by atoms with E-state index in [-0.39, 0.29) is 15.6 Å². The van der Waals surface area contributed by atoms with Crippen molar-refractivity contribution in [3.8, 4) is 5.75 Å². The van der Waals surface area contributed by atoms with E-state index in [1.807, 2.05) is 0 Å². The first kappa shape index (κ1) is 12.1. The second kappa shape index (κ2) is 3.90. The molecule has 1 rings (SSSR count). The van der Waals surface area contributed by atoms with E-state index in [1.165, 1.54) is 26.0 Å². The molecular weight excluding hydrogens is 238 g/mol. The van der Waals surface area contributed by atoms with Crippen molar-refractivity contribution in [2.75, 3.05) is 5.73 Å². The minimum Gasteiger partial charge on any atom is -0.504 e. The van der Waals surface area contributed by atoms with Gasteiger partial charge in [0.1, 0.15) is 4.90 Å². The first-order valence-corrected chi connectivity index (χ1v) is 6.21. The fourth-order valence-corrected chi connectivity index (χ4v) is 2.54. The number of benzene rings is 1. The van der Waals surface area contributed by atoms with Gasteiger partial charge in [0.15, 0.2) is 15.6 Å². The number of anilines is 1. The SMILES string of the molecule is CC(C)S(=O)(=O)c1cc(Cl)cc(N)c1O. The van der Waals surface area contributed by atoms with Crippen molar-refractivity contribution in [3.05, 3.63) is 17.2 Å². The number of halogens is 1. The number of sulfone groups is 1. The molecule has 0 atom stereocenters. The van der Waals surface area contributed by atoms with E-state index in [4.69, 9.17) is 17.3 Å². The van der Waals surface area contributed by atoms with Crippen LogP contribution in [0.3, 0.4) is 0 Å². The van der Waals surface area contributed by atoms with Crippen LogP contribution >= 0.6 is 11.6 Å². The zero-order valence-corrected chi connectivity index (χ0v) is 9.93. The van der Waals surface area contributed by atoms with Crippen molar-refractivity contribution in [1.29, 1.82) is 0 Å². The maximum absolute atomic E-state index is 11.8. The highest BCUT2D eigenvalue weighted by atomic mass is 35.5. The van der Waals surface area contributed by atoms with Crippen LogP contribution in [-0.4, -0.2) is 18.8 Å². The Morgan fingerprint density at radius 3 is 2.40 bits per heavy atom. The standard InChI is InChI=1S/C9H12ClNO3S/c1-5(2)15(13,14)8-4-6(10)3-7(11)9(8)12/h3-5,12H,11H2,1-2H3. The minimum atomic E-state index is -3.57. The van der Waals surface area contributed by atoms with Crippen molar-refractivity contribution in [3.63, 3.8) is 0 Å². The molecule has 0 aromatic heterocycles. The molecule has 0 heterocycles. The predicted octanol–water partition coefficient (Wildman–Crippen LogP) is 1.81. The number of aromatic hydroxyl groups is 1. The maximum atomic E-state index is 11.8. The van der Waals surface area contributed by atoms with Gasteiger partial charge >= 0.3 is 0 Å². The monoisotopic (exact) mass is 249 g/mol. The number of hydrogen-bond acceptors (Lipinski definition) is 4. The van der Waals surface area contributed by atoms with Crippen LogP contribution in [0.1, 0.15) is 13.8 Å². The Hall–Kier alpha value is -0.940. The highest BCUT2D eigenvalue weighted by Gasteiger charge is 2.24. The average Bonchev–Trinajstić information content (AvgIpc) is 2.10. The molecule has 0 spiro atoms. The summed E-state index contributed by atoms with van der Waals surface area (Å²) in [6.45, 7) is 3.04. The highest BCUT2D eigenvalue weighted by molar-refractivity contribution is 7.92. The second-order valence-electron chi connectivity index (χ2n) is 3.44. The topological polar surface area (TPSA) is 80.4 Å². The van der Waals surface area contributed by atoms with Crippen molar-refractivity contribution in [1.82, 2.24) is 0 Å². The lowest BCUT2D eigenvalue weighted by molar-refractivity contribution is 0.461. The Kier molecular flexibility index (Phi) is 3.16. The van der Waals surface area contributed by atoms with Gasteiger partial charge in [-0.2, -0.15) is 0 Å². The van der Waals surface area contributed by atoms with E-state index in [1.54, 1.807) is 0 Å². The molecule has 0 amide bonds. The van der Waals surface area contributed by atoms with Gasteiger partial charge in [0, 0.05) is 5.02 Å². The number of phenols is 1. The number of phenolic OH excluding ortho intramolecular Hbond substituents is 1. The summed E-state index contributed by atoms with van der Waals surface area (Å²) in [6, 6.07) is 2.50. The van der Waals surface area contributed by atoms with Gasteiger partial charge in [0.05, 0.1) is 10.9 Å².